The molecule has 1 aliphatic rings. The van der Waals surface area contributed by atoms with Gasteiger partial charge in [-0.3, -0.25) is 4.79 Å². The van der Waals surface area contributed by atoms with Crippen LogP contribution in [-0.2, 0) is 4.79 Å². The predicted octanol–water partition coefficient (Wildman–Crippen LogP) is 1.72. The number of carbonyl (C=O) groups is 2. The molecule has 0 saturated carbocycles. The van der Waals surface area contributed by atoms with E-state index in [1.165, 1.54) is 19.2 Å². The third-order valence-electron chi connectivity index (χ3n) is 3.96. The molecule has 2 rings (SSSR count). The number of carboxylic acids is 1. The summed E-state index contributed by atoms with van der Waals surface area (Å²) < 4.78 is 5.09. The van der Waals surface area contributed by atoms with Gasteiger partial charge < -0.3 is 20.5 Å². The molecular weight excluding hydrogens is 272 g/mol. The molecule has 0 radical (unpaired) electrons. The first-order chi connectivity index (χ1) is 9.96. The summed E-state index contributed by atoms with van der Waals surface area (Å²) in [4.78, 5) is 23.7. The van der Waals surface area contributed by atoms with E-state index >= 15 is 0 Å². The van der Waals surface area contributed by atoms with Crippen molar-refractivity contribution in [2.75, 3.05) is 25.5 Å². The molecule has 3 N–H and O–H groups in total. The van der Waals surface area contributed by atoms with Crippen LogP contribution in [0.2, 0.25) is 0 Å². The van der Waals surface area contributed by atoms with E-state index < -0.39 is 11.4 Å². The number of anilines is 1. The number of hydrogen-bond acceptors (Lipinski definition) is 4. The topological polar surface area (TPSA) is 87.7 Å². The van der Waals surface area contributed by atoms with Gasteiger partial charge in [0.25, 0.3) is 0 Å². The zero-order valence-electron chi connectivity index (χ0n) is 12.2. The van der Waals surface area contributed by atoms with Gasteiger partial charge in [0.15, 0.2) is 0 Å². The van der Waals surface area contributed by atoms with Crippen molar-refractivity contribution in [3.05, 3.63) is 23.8 Å². The summed E-state index contributed by atoms with van der Waals surface area (Å²) >= 11 is 0. The maximum Gasteiger partial charge on any atom is 0.337 e. The fourth-order valence-electron chi connectivity index (χ4n) is 2.42. The molecule has 1 heterocycles. The monoisotopic (exact) mass is 292 g/mol. The second kappa shape index (κ2) is 6.13. The number of aromatic carboxylic acids is 1. The molecule has 0 unspecified atom stereocenters. The standard InChI is InChI=1S/C15H20N2O4/c1-15(5-7-16-8-6-15)14(20)17-12-9-10(21-2)3-4-11(12)13(18)19/h3-4,9,16H,5-8H2,1-2H3,(H,17,20)(H,18,19). The number of ether oxygens (including phenoxy) is 1. The van der Waals surface area contributed by atoms with E-state index in [1.54, 1.807) is 6.07 Å². The lowest BCUT2D eigenvalue weighted by molar-refractivity contribution is -0.126. The van der Waals surface area contributed by atoms with Crippen LogP contribution in [0.25, 0.3) is 0 Å². The smallest absolute Gasteiger partial charge is 0.337 e. The van der Waals surface area contributed by atoms with Gasteiger partial charge in [-0.15, -0.1) is 0 Å². The van der Waals surface area contributed by atoms with Crippen LogP contribution in [0, 0.1) is 5.41 Å². The Hall–Kier alpha value is -2.08. The first-order valence-electron chi connectivity index (χ1n) is 6.90. The number of amides is 1. The van der Waals surface area contributed by atoms with Gasteiger partial charge in [0.2, 0.25) is 5.91 Å². The molecule has 1 aromatic rings. The van der Waals surface area contributed by atoms with Gasteiger partial charge in [-0.25, -0.2) is 4.79 Å². The third kappa shape index (κ3) is 3.33. The highest BCUT2D eigenvalue weighted by atomic mass is 16.5. The van der Waals surface area contributed by atoms with E-state index in [0.29, 0.717) is 5.75 Å². The van der Waals surface area contributed by atoms with Gasteiger partial charge >= 0.3 is 5.97 Å². The zero-order chi connectivity index (χ0) is 15.5. The van der Waals surface area contributed by atoms with Gasteiger partial charge in [0, 0.05) is 11.5 Å². The van der Waals surface area contributed by atoms with Crippen molar-refractivity contribution >= 4 is 17.6 Å². The van der Waals surface area contributed by atoms with E-state index in [1.807, 2.05) is 6.92 Å². The van der Waals surface area contributed by atoms with Gasteiger partial charge in [-0.1, -0.05) is 6.92 Å². The van der Waals surface area contributed by atoms with Crippen molar-refractivity contribution in [2.24, 2.45) is 5.41 Å². The summed E-state index contributed by atoms with van der Waals surface area (Å²) in [6, 6.07) is 4.53. The van der Waals surface area contributed by atoms with Crippen LogP contribution in [0.5, 0.6) is 5.75 Å². The van der Waals surface area contributed by atoms with Crippen molar-refractivity contribution < 1.29 is 19.4 Å². The fraction of sp³-hybridized carbons (Fsp3) is 0.467. The van der Waals surface area contributed by atoms with E-state index in [2.05, 4.69) is 10.6 Å². The summed E-state index contributed by atoms with van der Waals surface area (Å²) in [6.45, 7) is 3.48. The molecular formula is C15H20N2O4. The summed E-state index contributed by atoms with van der Waals surface area (Å²) in [6.07, 6.45) is 1.45. The van der Waals surface area contributed by atoms with Crippen LogP contribution in [0.1, 0.15) is 30.1 Å². The third-order valence-corrected chi connectivity index (χ3v) is 3.96. The van der Waals surface area contributed by atoms with E-state index in [9.17, 15) is 14.7 Å². The van der Waals surface area contributed by atoms with Crippen LogP contribution in [0.4, 0.5) is 5.69 Å². The number of piperidine rings is 1. The summed E-state index contributed by atoms with van der Waals surface area (Å²) in [7, 11) is 1.50. The Balaban J connectivity index is 2.25. The second-order valence-electron chi connectivity index (χ2n) is 5.48. The SMILES string of the molecule is COc1ccc(C(=O)O)c(NC(=O)C2(C)CCNCC2)c1. The first-order valence-corrected chi connectivity index (χ1v) is 6.90. The number of hydrogen-bond donors (Lipinski definition) is 3. The minimum Gasteiger partial charge on any atom is -0.497 e. The Kier molecular flexibility index (Phi) is 4.47. The largest absolute Gasteiger partial charge is 0.497 e. The Morgan fingerprint density at radius 1 is 1.33 bits per heavy atom. The Morgan fingerprint density at radius 3 is 2.57 bits per heavy atom. The molecule has 0 spiro atoms. The summed E-state index contributed by atoms with van der Waals surface area (Å²) in [5.41, 5.74) is -0.155. The molecule has 1 aliphatic heterocycles. The molecule has 1 saturated heterocycles. The quantitative estimate of drug-likeness (QED) is 0.786. The summed E-state index contributed by atoms with van der Waals surface area (Å²) in [5.74, 6) is -0.728. The second-order valence-corrected chi connectivity index (χ2v) is 5.48. The first kappa shape index (κ1) is 15.3. The molecule has 0 bridgehead atoms. The zero-order valence-corrected chi connectivity index (χ0v) is 12.2. The maximum atomic E-state index is 12.5. The number of carbonyl (C=O) groups excluding carboxylic acids is 1. The highest BCUT2D eigenvalue weighted by Crippen LogP contribution is 2.31. The average Bonchev–Trinajstić information content (AvgIpc) is 2.47. The molecule has 1 amide bonds. The molecule has 6 heteroatoms. The number of benzene rings is 1. The van der Waals surface area contributed by atoms with Crippen molar-refractivity contribution in [3.63, 3.8) is 0 Å². The van der Waals surface area contributed by atoms with E-state index in [0.717, 1.165) is 25.9 Å². The highest BCUT2D eigenvalue weighted by Gasteiger charge is 2.35. The number of carboxylic acid groups (broad SMARTS) is 1. The molecule has 0 aliphatic carbocycles. The van der Waals surface area contributed by atoms with Crippen molar-refractivity contribution in [2.45, 2.75) is 19.8 Å². The predicted molar refractivity (Wildman–Crippen MR) is 78.8 cm³/mol. The minimum absolute atomic E-state index is 0.0571. The molecule has 114 valence electrons. The van der Waals surface area contributed by atoms with Crippen LogP contribution in [-0.4, -0.2) is 37.2 Å². The van der Waals surface area contributed by atoms with E-state index in [-0.39, 0.29) is 17.2 Å². The molecule has 0 aromatic heterocycles. The van der Waals surface area contributed by atoms with Gasteiger partial charge in [0.1, 0.15) is 5.75 Å². The lowest BCUT2D eigenvalue weighted by Crippen LogP contribution is -2.43. The molecule has 1 fully saturated rings. The molecule has 21 heavy (non-hydrogen) atoms. The Morgan fingerprint density at radius 2 is 2.00 bits per heavy atom. The summed E-state index contributed by atoms with van der Waals surface area (Å²) in [5, 5.41) is 15.2. The Bertz CT molecular complexity index is 551. The van der Waals surface area contributed by atoms with Crippen molar-refractivity contribution in [1.82, 2.24) is 5.32 Å². The number of methoxy groups -OCH3 is 1. The van der Waals surface area contributed by atoms with Crippen LogP contribution >= 0.6 is 0 Å². The van der Waals surface area contributed by atoms with Crippen molar-refractivity contribution in [1.29, 1.82) is 0 Å². The number of nitrogens with one attached hydrogen (secondary N) is 2. The fourth-order valence-corrected chi connectivity index (χ4v) is 2.42. The Labute approximate surface area is 123 Å². The van der Waals surface area contributed by atoms with Gasteiger partial charge in [-0.2, -0.15) is 0 Å². The van der Waals surface area contributed by atoms with Gasteiger partial charge in [-0.05, 0) is 38.1 Å². The van der Waals surface area contributed by atoms with Crippen LogP contribution in [0.3, 0.4) is 0 Å². The average molecular weight is 292 g/mol. The normalized spacial score (nSPS) is 17.0. The minimum atomic E-state index is -1.08. The lowest BCUT2D eigenvalue weighted by atomic mass is 9.80. The number of rotatable bonds is 4. The van der Waals surface area contributed by atoms with Crippen LogP contribution < -0.4 is 15.4 Å². The molecule has 0 atom stereocenters. The molecule has 6 nitrogen and oxygen atoms in total. The molecule has 1 aromatic carbocycles. The van der Waals surface area contributed by atoms with Gasteiger partial charge in [0.05, 0.1) is 18.4 Å². The van der Waals surface area contributed by atoms with Crippen molar-refractivity contribution in [3.8, 4) is 5.75 Å². The maximum absolute atomic E-state index is 12.5. The lowest BCUT2D eigenvalue weighted by Gasteiger charge is -2.32. The van der Waals surface area contributed by atoms with E-state index in [4.69, 9.17) is 4.74 Å². The van der Waals surface area contributed by atoms with Crippen LogP contribution in [0.15, 0.2) is 18.2 Å². The highest BCUT2D eigenvalue weighted by molar-refractivity contribution is 6.02.